The van der Waals surface area contributed by atoms with Gasteiger partial charge in [-0.05, 0) is 56.8 Å². The molecule has 0 aromatic carbocycles. The molecule has 4 rings (SSSR count). The van der Waals surface area contributed by atoms with Crippen LogP contribution in [-0.4, -0.2) is 61.0 Å². The summed E-state index contributed by atoms with van der Waals surface area (Å²) in [6, 6.07) is 0. The van der Waals surface area contributed by atoms with Crippen LogP contribution in [-0.2, 0) is 14.3 Å². The van der Waals surface area contributed by atoms with E-state index < -0.39 is 0 Å². The Morgan fingerprint density at radius 1 is 1.16 bits per heavy atom. The van der Waals surface area contributed by atoms with Gasteiger partial charge in [-0.3, -0.25) is 9.59 Å². The summed E-state index contributed by atoms with van der Waals surface area (Å²) in [5, 5.41) is 0. The molecule has 2 atom stereocenters. The van der Waals surface area contributed by atoms with Crippen molar-refractivity contribution >= 4 is 11.8 Å². The van der Waals surface area contributed by atoms with E-state index in [2.05, 4.69) is 11.8 Å². The van der Waals surface area contributed by atoms with E-state index in [1.165, 1.54) is 0 Å². The van der Waals surface area contributed by atoms with Crippen molar-refractivity contribution in [3.05, 3.63) is 0 Å². The van der Waals surface area contributed by atoms with Gasteiger partial charge in [-0.2, -0.15) is 0 Å². The van der Waals surface area contributed by atoms with E-state index >= 15 is 0 Å². The van der Waals surface area contributed by atoms with Crippen molar-refractivity contribution < 1.29 is 14.3 Å². The number of amides is 2. The molecule has 25 heavy (non-hydrogen) atoms. The SMILES string of the molecule is CC1CC1C(=O)N1CCC2(CCCN(CC3CCOCC3)C2=O)CC1. The number of carbonyl (C=O) groups is 2. The molecule has 3 aliphatic heterocycles. The maximum atomic E-state index is 13.2. The standard InChI is InChI=1S/C20H32N2O3/c1-15-13-17(15)18(23)21-9-6-20(7-10-21)5-2-8-22(19(20)24)14-16-3-11-25-12-4-16/h15-17H,2-14H2,1H3. The Morgan fingerprint density at radius 3 is 2.48 bits per heavy atom. The Kier molecular flexibility index (Phi) is 4.78. The largest absolute Gasteiger partial charge is 0.381 e. The molecule has 0 radical (unpaired) electrons. The highest BCUT2D eigenvalue weighted by Gasteiger charge is 2.48. The van der Waals surface area contributed by atoms with Gasteiger partial charge in [-0.15, -0.1) is 0 Å². The summed E-state index contributed by atoms with van der Waals surface area (Å²) in [5.74, 6) is 2.14. The minimum absolute atomic E-state index is 0.185. The van der Waals surface area contributed by atoms with Gasteiger partial charge in [0.2, 0.25) is 11.8 Å². The molecule has 2 unspecified atom stereocenters. The lowest BCUT2D eigenvalue weighted by molar-refractivity contribution is -0.154. The molecule has 5 nitrogen and oxygen atoms in total. The van der Waals surface area contributed by atoms with Crippen molar-refractivity contribution in [2.75, 3.05) is 39.4 Å². The van der Waals surface area contributed by atoms with Crippen LogP contribution in [0, 0.1) is 23.2 Å². The van der Waals surface area contributed by atoms with Crippen LogP contribution in [0.25, 0.3) is 0 Å². The van der Waals surface area contributed by atoms with Gasteiger partial charge in [0.05, 0.1) is 5.41 Å². The molecular weight excluding hydrogens is 316 g/mol. The van der Waals surface area contributed by atoms with Crippen LogP contribution in [0.2, 0.25) is 0 Å². The second-order valence-corrected chi connectivity index (χ2v) is 8.84. The molecule has 1 spiro atoms. The lowest BCUT2D eigenvalue weighted by atomic mass is 9.71. The molecule has 140 valence electrons. The molecule has 2 amide bonds. The third-order valence-electron chi connectivity index (χ3n) is 7.10. The molecule has 0 aromatic heterocycles. The summed E-state index contributed by atoms with van der Waals surface area (Å²) in [6.45, 7) is 7.22. The fraction of sp³-hybridized carbons (Fsp3) is 0.900. The van der Waals surface area contributed by atoms with Gasteiger partial charge in [0.15, 0.2) is 0 Å². The average Bonchev–Trinajstić information content (AvgIpc) is 3.37. The summed E-state index contributed by atoms with van der Waals surface area (Å²) in [7, 11) is 0. The summed E-state index contributed by atoms with van der Waals surface area (Å²) < 4.78 is 5.45. The minimum atomic E-state index is -0.185. The van der Waals surface area contributed by atoms with E-state index in [1.54, 1.807) is 0 Å². The van der Waals surface area contributed by atoms with Crippen molar-refractivity contribution in [3.8, 4) is 0 Å². The molecule has 5 heteroatoms. The quantitative estimate of drug-likeness (QED) is 0.786. The van der Waals surface area contributed by atoms with E-state index in [-0.39, 0.29) is 11.3 Å². The zero-order chi connectivity index (χ0) is 17.4. The van der Waals surface area contributed by atoms with Crippen LogP contribution < -0.4 is 0 Å². The second-order valence-electron chi connectivity index (χ2n) is 8.84. The van der Waals surface area contributed by atoms with Gasteiger partial charge in [0.25, 0.3) is 0 Å². The van der Waals surface area contributed by atoms with E-state index in [1.807, 2.05) is 4.90 Å². The average molecular weight is 348 g/mol. The van der Waals surface area contributed by atoms with E-state index in [0.29, 0.717) is 23.7 Å². The van der Waals surface area contributed by atoms with Gasteiger partial charge in [0.1, 0.15) is 0 Å². The van der Waals surface area contributed by atoms with Crippen LogP contribution in [0.5, 0.6) is 0 Å². The Morgan fingerprint density at radius 2 is 1.84 bits per heavy atom. The molecule has 1 saturated carbocycles. The molecule has 0 bridgehead atoms. The number of ether oxygens (including phenoxy) is 1. The summed E-state index contributed by atoms with van der Waals surface area (Å²) >= 11 is 0. The highest BCUT2D eigenvalue weighted by Crippen LogP contribution is 2.44. The number of piperidine rings is 2. The summed E-state index contributed by atoms with van der Waals surface area (Å²) in [4.78, 5) is 29.9. The Labute approximate surface area is 151 Å². The van der Waals surface area contributed by atoms with Crippen LogP contribution >= 0.6 is 0 Å². The fourth-order valence-electron chi connectivity index (χ4n) is 5.09. The van der Waals surface area contributed by atoms with Gasteiger partial charge < -0.3 is 14.5 Å². The van der Waals surface area contributed by atoms with E-state index in [9.17, 15) is 9.59 Å². The summed E-state index contributed by atoms with van der Waals surface area (Å²) in [5.41, 5.74) is -0.185. The van der Waals surface area contributed by atoms with Gasteiger partial charge in [-0.1, -0.05) is 6.92 Å². The first-order valence-electron chi connectivity index (χ1n) is 10.2. The molecule has 1 aliphatic carbocycles. The van der Waals surface area contributed by atoms with Crippen molar-refractivity contribution in [1.29, 1.82) is 0 Å². The molecule has 0 aromatic rings. The topological polar surface area (TPSA) is 49.9 Å². The van der Waals surface area contributed by atoms with Crippen LogP contribution in [0.4, 0.5) is 0 Å². The van der Waals surface area contributed by atoms with Crippen molar-refractivity contribution in [2.24, 2.45) is 23.2 Å². The maximum absolute atomic E-state index is 13.2. The Bertz CT molecular complexity index is 521. The number of carbonyl (C=O) groups excluding carboxylic acids is 2. The number of likely N-dealkylation sites (tertiary alicyclic amines) is 2. The van der Waals surface area contributed by atoms with Crippen molar-refractivity contribution in [1.82, 2.24) is 9.80 Å². The molecular formula is C20H32N2O3. The van der Waals surface area contributed by atoms with Crippen LogP contribution in [0.15, 0.2) is 0 Å². The first kappa shape index (κ1) is 17.3. The lowest BCUT2D eigenvalue weighted by Crippen LogP contribution is -2.55. The first-order valence-corrected chi connectivity index (χ1v) is 10.2. The number of hydrogen-bond donors (Lipinski definition) is 0. The molecule has 3 heterocycles. The first-order chi connectivity index (χ1) is 12.1. The normalized spacial score (nSPS) is 32.9. The Balaban J connectivity index is 1.35. The predicted molar refractivity (Wildman–Crippen MR) is 94.9 cm³/mol. The maximum Gasteiger partial charge on any atom is 0.228 e. The second kappa shape index (κ2) is 6.90. The Hall–Kier alpha value is -1.10. The molecule has 4 fully saturated rings. The highest BCUT2D eigenvalue weighted by atomic mass is 16.5. The smallest absolute Gasteiger partial charge is 0.228 e. The number of nitrogens with zero attached hydrogens (tertiary/aromatic N) is 2. The van der Waals surface area contributed by atoms with Gasteiger partial charge in [0, 0.05) is 45.3 Å². The minimum Gasteiger partial charge on any atom is -0.381 e. The number of hydrogen-bond acceptors (Lipinski definition) is 3. The summed E-state index contributed by atoms with van der Waals surface area (Å²) in [6.07, 6.45) is 7.07. The van der Waals surface area contributed by atoms with Crippen LogP contribution in [0.3, 0.4) is 0 Å². The zero-order valence-corrected chi connectivity index (χ0v) is 15.5. The van der Waals surface area contributed by atoms with Crippen LogP contribution in [0.1, 0.15) is 51.9 Å². The molecule has 0 N–H and O–H groups in total. The lowest BCUT2D eigenvalue weighted by Gasteiger charge is -2.47. The van der Waals surface area contributed by atoms with Gasteiger partial charge in [-0.25, -0.2) is 0 Å². The highest BCUT2D eigenvalue weighted by molar-refractivity contribution is 5.85. The van der Waals surface area contributed by atoms with Crippen molar-refractivity contribution in [2.45, 2.75) is 51.9 Å². The van der Waals surface area contributed by atoms with E-state index in [4.69, 9.17) is 4.74 Å². The third-order valence-corrected chi connectivity index (χ3v) is 7.10. The predicted octanol–water partition coefficient (Wildman–Crippen LogP) is 2.30. The van der Waals surface area contributed by atoms with Gasteiger partial charge >= 0.3 is 0 Å². The molecule has 4 aliphatic rings. The zero-order valence-electron chi connectivity index (χ0n) is 15.5. The third kappa shape index (κ3) is 3.44. The fourth-order valence-corrected chi connectivity index (χ4v) is 5.09. The van der Waals surface area contributed by atoms with E-state index in [0.717, 1.165) is 84.3 Å². The molecule has 3 saturated heterocycles. The monoisotopic (exact) mass is 348 g/mol. The van der Waals surface area contributed by atoms with Crippen molar-refractivity contribution in [3.63, 3.8) is 0 Å². The number of rotatable bonds is 3.